The largest absolute Gasteiger partial charge is 0.485 e. The van der Waals surface area contributed by atoms with Crippen LogP contribution in [0.1, 0.15) is 11.1 Å². The summed E-state index contributed by atoms with van der Waals surface area (Å²) in [5, 5.41) is 0. The molecule has 78 valence electrons. The highest BCUT2D eigenvalue weighted by Crippen LogP contribution is 2.27. The molecule has 2 N–H and O–H groups in total. The lowest BCUT2D eigenvalue weighted by molar-refractivity contribution is 0.0819. The van der Waals surface area contributed by atoms with Crippen LogP contribution in [0.25, 0.3) is 0 Å². The molecule has 1 rings (SSSR count). The number of hydrogen-bond acceptors (Lipinski definition) is 2. The topological polar surface area (TPSA) is 35.2 Å². The molecule has 0 aliphatic rings. The van der Waals surface area contributed by atoms with Gasteiger partial charge in [-0.1, -0.05) is 6.07 Å². The van der Waals surface area contributed by atoms with Gasteiger partial charge in [-0.15, -0.1) is 0 Å². The fourth-order valence-corrected chi connectivity index (χ4v) is 1.33. The van der Waals surface area contributed by atoms with Crippen molar-refractivity contribution in [3.8, 4) is 5.75 Å². The zero-order chi connectivity index (χ0) is 10.7. The molecule has 0 unspecified atom stereocenters. The molecule has 1 aromatic rings. The van der Waals surface area contributed by atoms with Crippen LogP contribution >= 0.6 is 0 Å². The normalized spacial score (nSPS) is 10.6. The van der Waals surface area contributed by atoms with Gasteiger partial charge in [-0.05, 0) is 31.0 Å². The summed E-state index contributed by atoms with van der Waals surface area (Å²) in [6.07, 6.45) is -2.48. The second-order valence-corrected chi connectivity index (χ2v) is 3.20. The quantitative estimate of drug-likeness (QED) is 0.762. The van der Waals surface area contributed by atoms with Gasteiger partial charge < -0.3 is 10.5 Å². The van der Waals surface area contributed by atoms with Crippen molar-refractivity contribution in [1.29, 1.82) is 0 Å². The average molecular weight is 201 g/mol. The Bertz CT molecular complexity index is 303. The fraction of sp³-hybridized carbons (Fsp3) is 0.400. The predicted molar refractivity (Wildman–Crippen MR) is 51.8 cm³/mol. The smallest absolute Gasteiger partial charge is 0.272 e. The Kier molecular flexibility index (Phi) is 3.28. The number of hydrogen-bond donors (Lipinski definition) is 1. The molecule has 0 atom stereocenters. The Morgan fingerprint density at radius 1 is 1.36 bits per heavy atom. The van der Waals surface area contributed by atoms with E-state index in [4.69, 9.17) is 10.5 Å². The molecule has 0 aliphatic heterocycles. The maximum Gasteiger partial charge on any atom is 0.272 e. The van der Waals surface area contributed by atoms with E-state index < -0.39 is 13.0 Å². The average Bonchev–Trinajstić information content (AvgIpc) is 2.01. The summed E-state index contributed by atoms with van der Waals surface area (Å²) in [7, 11) is 0. The number of aryl methyl sites for hydroxylation is 2. The lowest BCUT2D eigenvalue weighted by Crippen LogP contribution is -2.09. The molecule has 4 heteroatoms. The Hall–Kier alpha value is -1.32. The molecule has 1 aromatic carbocycles. The van der Waals surface area contributed by atoms with E-state index in [1.807, 2.05) is 13.0 Å². The van der Waals surface area contributed by atoms with Crippen molar-refractivity contribution in [1.82, 2.24) is 0 Å². The number of anilines is 1. The SMILES string of the molecule is Cc1cc(C)c(OCC(F)F)c(N)c1. The van der Waals surface area contributed by atoms with Gasteiger partial charge in [0.25, 0.3) is 6.43 Å². The van der Waals surface area contributed by atoms with Crippen molar-refractivity contribution in [3.63, 3.8) is 0 Å². The third-order valence-electron chi connectivity index (χ3n) is 1.80. The van der Waals surface area contributed by atoms with E-state index in [-0.39, 0.29) is 0 Å². The van der Waals surface area contributed by atoms with Crippen molar-refractivity contribution < 1.29 is 13.5 Å². The van der Waals surface area contributed by atoms with Crippen molar-refractivity contribution in [2.75, 3.05) is 12.3 Å². The van der Waals surface area contributed by atoms with E-state index in [2.05, 4.69) is 0 Å². The van der Waals surface area contributed by atoms with Crippen LogP contribution in [0.15, 0.2) is 12.1 Å². The number of nitrogens with two attached hydrogens (primary N) is 1. The molecular weight excluding hydrogens is 188 g/mol. The summed E-state index contributed by atoms with van der Waals surface area (Å²) in [5.74, 6) is 0.357. The molecule has 0 radical (unpaired) electrons. The summed E-state index contributed by atoms with van der Waals surface area (Å²) in [5.41, 5.74) is 7.82. The first kappa shape index (κ1) is 10.8. The van der Waals surface area contributed by atoms with Crippen LogP contribution in [-0.2, 0) is 0 Å². The zero-order valence-electron chi connectivity index (χ0n) is 8.18. The molecule has 0 aliphatic carbocycles. The number of alkyl halides is 2. The van der Waals surface area contributed by atoms with E-state index >= 15 is 0 Å². The highest BCUT2D eigenvalue weighted by Gasteiger charge is 2.09. The summed E-state index contributed by atoms with van der Waals surface area (Å²) in [4.78, 5) is 0. The Labute approximate surface area is 81.7 Å². The molecule has 0 fully saturated rings. The number of rotatable bonds is 3. The van der Waals surface area contributed by atoms with Crippen molar-refractivity contribution in [2.45, 2.75) is 20.3 Å². The first-order chi connectivity index (χ1) is 6.50. The maximum atomic E-state index is 11.9. The van der Waals surface area contributed by atoms with Gasteiger partial charge in [-0.25, -0.2) is 8.78 Å². The number of nitrogen functional groups attached to an aromatic ring is 1. The Balaban J connectivity index is 2.86. The van der Waals surface area contributed by atoms with Crippen LogP contribution in [0.5, 0.6) is 5.75 Å². The van der Waals surface area contributed by atoms with E-state index in [9.17, 15) is 8.78 Å². The summed E-state index contributed by atoms with van der Waals surface area (Å²) < 4.78 is 28.7. The number of ether oxygens (including phenoxy) is 1. The van der Waals surface area contributed by atoms with E-state index in [1.165, 1.54) is 0 Å². The Morgan fingerprint density at radius 2 is 2.00 bits per heavy atom. The van der Waals surface area contributed by atoms with Gasteiger partial charge in [-0.2, -0.15) is 0 Å². The first-order valence-electron chi connectivity index (χ1n) is 4.28. The predicted octanol–water partition coefficient (Wildman–Crippen LogP) is 2.53. The molecule has 0 heterocycles. The summed E-state index contributed by atoms with van der Waals surface area (Å²) in [6.45, 7) is 3.05. The van der Waals surface area contributed by atoms with Gasteiger partial charge in [0.2, 0.25) is 0 Å². The molecule has 0 amide bonds. The second-order valence-electron chi connectivity index (χ2n) is 3.20. The van der Waals surface area contributed by atoms with Gasteiger partial charge in [0.05, 0.1) is 5.69 Å². The van der Waals surface area contributed by atoms with E-state index in [1.54, 1.807) is 13.0 Å². The molecule has 2 nitrogen and oxygen atoms in total. The van der Waals surface area contributed by atoms with Gasteiger partial charge in [0.1, 0.15) is 12.4 Å². The van der Waals surface area contributed by atoms with Gasteiger partial charge in [0.15, 0.2) is 0 Å². The maximum absolute atomic E-state index is 11.9. The van der Waals surface area contributed by atoms with Crippen molar-refractivity contribution in [2.24, 2.45) is 0 Å². The van der Waals surface area contributed by atoms with Gasteiger partial charge in [-0.3, -0.25) is 0 Å². The molecule has 0 aromatic heterocycles. The first-order valence-corrected chi connectivity index (χ1v) is 4.28. The minimum atomic E-state index is -2.48. The Morgan fingerprint density at radius 3 is 2.50 bits per heavy atom. The van der Waals surface area contributed by atoms with E-state index in [0.717, 1.165) is 11.1 Å². The number of halogens is 2. The molecule has 0 spiro atoms. The summed E-state index contributed by atoms with van der Waals surface area (Å²) >= 11 is 0. The third-order valence-corrected chi connectivity index (χ3v) is 1.80. The zero-order valence-corrected chi connectivity index (χ0v) is 8.18. The lowest BCUT2D eigenvalue weighted by Gasteiger charge is -2.12. The fourth-order valence-electron chi connectivity index (χ4n) is 1.33. The van der Waals surface area contributed by atoms with E-state index in [0.29, 0.717) is 11.4 Å². The highest BCUT2D eigenvalue weighted by molar-refractivity contribution is 5.58. The minimum absolute atomic E-state index is 0.357. The molecule has 0 saturated carbocycles. The van der Waals surface area contributed by atoms with Crippen LogP contribution in [0.2, 0.25) is 0 Å². The monoisotopic (exact) mass is 201 g/mol. The summed E-state index contributed by atoms with van der Waals surface area (Å²) in [6, 6.07) is 3.55. The van der Waals surface area contributed by atoms with Gasteiger partial charge >= 0.3 is 0 Å². The second kappa shape index (κ2) is 4.26. The van der Waals surface area contributed by atoms with Crippen LogP contribution in [0, 0.1) is 13.8 Å². The standard InChI is InChI=1S/C10H13F2NO/c1-6-3-7(2)10(8(13)4-6)14-5-9(11)12/h3-4,9H,5,13H2,1-2H3. The van der Waals surface area contributed by atoms with Crippen molar-refractivity contribution >= 4 is 5.69 Å². The highest BCUT2D eigenvalue weighted by atomic mass is 19.3. The molecule has 0 saturated heterocycles. The molecule has 14 heavy (non-hydrogen) atoms. The van der Waals surface area contributed by atoms with Gasteiger partial charge in [0, 0.05) is 0 Å². The molecular formula is C10H13F2NO. The molecule has 0 bridgehead atoms. The van der Waals surface area contributed by atoms with Crippen LogP contribution in [-0.4, -0.2) is 13.0 Å². The van der Waals surface area contributed by atoms with Crippen LogP contribution in [0.4, 0.5) is 14.5 Å². The third kappa shape index (κ3) is 2.58. The number of benzene rings is 1. The van der Waals surface area contributed by atoms with Crippen LogP contribution < -0.4 is 10.5 Å². The lowest BCUT2D eigenvalue weighted by atomic mass is 10.1. The van der Waals surface area contributed by atoms with Crippen LogP contribution in [0.3, 0.4) is 0 Å². The van der Waals surface area contributed by atoms with Crippen molar-refractivity contribution in [3.05, 3.63) is 23.3 Å². The minimum Gasteiger partial charge on any atom is -0.485 e.